The molecule has 0 bridgehead atoms. The first-order chi connectivity index (χ1) is 17.6. The summed E-state index contributed by atoms with van der Waals surface area (Å²) in [5.74, 6) is 0.501. The van der Waals surface area contributed by atoms with Crippen LogP contribution in [0.3, 0.4) is 0 Å². The first-order valence-electron chi connectivity index (χ1n) is 11.7. The highest BCUT2D eigenvalue weighted by Gasteiger charge is 2.25. The van der Waals surface area contributed by atoms with E-state index in [4.69, 9.17) is 16.6 Å². The molecule has 0 radical (unpaired) electrons. The molecule has 1 amide bonds. The first kappa shape index (κ1) is 22.2. The van der Waals surface area contributed by atoms with Crippen molar-refractivity contribution in [2.75, 3.05) is 5.32 Å². The number of carbonyl (C=O) groups excluding carboxylic acids is 1. The summed E-state index contributed by atoms with van der Waals surface area (Å²) in [6.07, 6.45) is 11.0. The van der Waals surface area contributed by atoms with Crippen molar-refractivity contribution < 1.29 is 4.79 Å². The van der Waals surface area contributed by atoms with Crippen LogP contribution in [0, 0.1) is 0 Å². The Labute approximate surface area is 212 Å². The highest BCUT2D eigenvalue weighted by atomic mass is 35.5. The minimum atomic E-state index is -0.141. The van der Waals surface area contributed by atoms with Gasteiger partial charge in [-0.2, -0.15) is 5.10 Å². The molecule has 36 heavy (non-hydrogen) atoms. The van der Waals surface area contributed by atoms with Gasteiger partial charge in [-0.3, -0.25) is 18.9 Å². The molecule has 2 N–H and O–H groups in total. The van der Waals surface area contributed by atoms with Gasteiger partial charge in [0.25, 0.3) is 5.91 Å². The smallest absolute Gasteiger partial charge is 0.253 e. The third-order valence-electron chi connectivity index (χ3n) is 6.25. The average Bonchev–Trinajstić information content (AvgIpc) is 3.44. The van der Waals surface area contributed by atoms with E-state index in [-0.39, 0.29) is 11.9 Å². The molecule has 1 fully saturated rings. The Balaban J connectivity index is 1.41. The van der Waals surface area contributed by atoms with Gasteiger partial charge in [-0.25, -0.2) is 9.97 Å². The second-order valence-corrected chi connectivity index (χ2v) is 9.20. The van der Waals surface area contributed by atoms with E-state index in [1.54, 1.807) is 30.9 Å². The molecule has 0 saturated heterocycles. The van der Waals surface area contributed by atoms with Crippen molar-refractivity contribution in [2.45, 2.75) is 25.4 Å². The number of anilines is 1. The van der Waals surface area contributed by atoms with Gasteiger partial charge in [0.2, 0.25) is 0 Å². The van der Waals surface area contributed by atoms with E-state index in [1.165, 1.54) is 0 Å². The van der Waals surface area contributed by atoms with Crippen LogP contribution in [-0.2, 0) is 13.6 Å². The minimum absolute atomic E-state index is 0.141. The number of nitrogens with one attached hydrogen (secondary N) is 2. The van der Waals surface area contributed by atoms with E-state index in [2.05, 4.69) is 25.7 Å². The van der Waals surface area contributed by atoms with Crippen LogP contribution in [0.2, 0.25) is 5.02 Å². The van der Waals surface area contributed by atoms with Crippen molar-refractivity contribution in [3.05, 3.63) is 83.7 Å². The Morgan fingerprint density at radius 3 is 2.67 bits per heavy atom. The van der Waals surface area contributed by atoms with Crippen molar-refractivity contribution in [3.63, 3.8) is 0 Å². The Kier molecular flexibility index (Phi) is 5.61. The number of rotatable bonds is 7. The zero-order valence-electron chi connectivity index (χ0n) is 19.5. The molecule has 1 aromatic carbocycles. The molecule has 180 valence electrons. The van der Waals surface area contributed by atoms with E-state index >= 15 is 0 Å². The lowest BCUT2D eigenvalue weighted by Gasteiger charge is -2.12. The summed E-state index contributed by atoms with van der Waals surface area (Å²) in [5.41, 5.74) is 5.55. The van der Waals surface area contributed by atoms with Gasteiger partial charge in [0.05, 0.1) is 40.4 Å². The number of carbonyl (C=O) groups is 1. The molecule has 0 aliphatic heterocycles. The van der Waals surface area contributed by atoms with Gasteiger partial charge in [0, 0.05) is 49.0 Å². The van der Waals surface area contributed by atoms with Crippen molar-refractivity contribution >= 4 is 29.0 Å². The van der Waals surface area contributed by atoms with Gasteiger partial charge in [-0.1, -0.05) is 17.7 Å². The number of hydrogen-bond acceptors (Lipinski definition) is 6. The summed E-state index contributed by atoms with van der Waals surface area (Å²) >= 11 is 6.55. The lowest BCUT2D eigenvalue weighted by Crippen LogP contribution is -2.25. The SMILES string of the molecule is Cn1nccc1CNc1nc(-c2ccncc2)cn2c(-c3ccc(C(=O)NC4CC4)c(Cl)c3)cnc12. The molecular formula is C26H23ClN8O. The van der Waals surface area contributed by atoms with E-state index in [0.717, 1.165) is 41.1 Å². The Morgan fingerprint density at radius 2 is 1.94 bits per heavy atom. The highest BCUT2D eigenvalue weighted by Crippen LogP contribution is 2.30. The minimum Gasteiger partial charge on any atom is -0.361 e. The highest BCUT2D eigenvalue weighted by molar-refractivity contribution is 6.34. The summed E-state index contributed by atoms with van der Waals surface area (Å²) in [5, 5.41) is 11.0. The number of imidazole rings is 1. The molecule has 4 aromatic heterocycles. The molecule has 9 nitrogen and oxygen atoms in total. The second-order valence-electron chi connectivity index (χ2n) is 8.79. The van der Waals surface area contributed by atoms with Crippen LogP contribution in [0.25, 0.3) is 28.2 Å². The monoisotopic (exact) mass is 498 g/mol. The zero-order valence-corrected chi connectivity index (χ0v) is 20.3. The predicted molar refractivity (Wildman–Crippen MR) is 138 cm³/mol. The molecule has 1 saturated carbocycles. The standard InChI is InChI=1S/C26H23ClN8O/c1-34-19(8-11-31-34)13-29-24-25-30-14-23(35(25)15-22(33-24)16-6-9-28-10-7-16)17-2-5-20(21(27)12-17)26(36)32-18-3-4-18/h2,5-12,14-15,18H,3-4,13H2,1H3,(H,29,33)(H,32,36). The maximum Gasteiger partial charge on any atom is 0.253 e. The Hall–Kier alpha value is -4.24. The quantitative estimate of drug-likeness (QED) is 0.346. The van der Waals surface area contributed by atoms with Gasteiger partial charge in [0.1, 0.15) is 0 Å². The molecule has 1 aliphatic rings. The van der Waals surface area contributed by atoms with Crippen molar-refractivity contribution in [3.8, 4) is 22.5 Å². The summed E-state index contributed by atoms with van der Waals surface area (Å²) in [6, 6.07) is 11.5. The molecule has 0 atom stereocenters. The van der Waals surface area contributed by atoms with Crippen LogP contribution in [0.15, 0.2) is 67.4 Å². The van der Waals surface area contributed by atoms with Crippen LogP contribution in [-0.4, -0.2) is 41.1 Å². The van der Waals surface area contributed by atoms with Crippen LogP contribution in [0.1, 0.15) is 28.9 Å². The number of aryl methyl sites for hydroxylation is 1. The van der Waals surface area contributed by atoms with E-state index in [1.807, 2.05) is 52.7 Å². The summed E-state index contributed by atoms with van der Waals surface area (Å²) < 4.78 is 3.81. The van der Waals surface area contributed by atoms with E-state index < -0.39 is 0 Å². The molecule has 0 spiro atoms. The van der Waals surface area contributed by atoms with Crippen LogP contribution in [0.5, 0.6) is 0 Å². The molecule has 6 rings (SSSR count). The number of benzene rings is 1. The number of aromatic nitrogens is 6. The molecule has 0 unspecified atom stereocenters. The molecular weight excluding hydrogens is 476 g/mol. The second kappa shape index (κ2) is 9.09. The number of fused-ring (bicyclic) bond motifs is 1. The van der Waals surface area contributed by atoms with E-state index in [9.17, 15) is 4.79 Å². The Morgan fingerprint density at radius 1 is 1.11 bits per heavy atom. The zero-order chi connectivity index (χ0) is 24.6. The number of hydrogen-bond donors (Lipinski definition) is 2. The van der Waals surface area contributed by atoms with Gasteiger partial charge in [-0.05, 0) is 43.2 Å². The third kappa shape index (κ3) is 4.29. The predicted octanol–water partition coefficient (Wildman–Crippen LogP) is 4.35. The maximum absolute atomic E-state index is 12.5. The largest absolute Gasteiger partial charge is 0.361 e. The summed E-state index contributed by atoms with van der Waals surface area (Å²) in [7, 11) is 1.90. The number of pyridine rings is 1. The molecule has 5 aromatic rings. The fourth-order valence-electron chi connectivity index (χ4n) is 4.08. The molecule has 10 heteroatoms. The van der Waals surface area contributed by atoms with E-state index in [0.29, 0.717) is 28.6 Å². The number of halogens is 1. The van der Waals surface area contributed by atoms with Crippen molar-refractivity contribution in [1.29, 1.82) is 0 Å². The fraction of sp³-hybridized carbons (Fsp3) is 0.192. The summed E-state index contributed by atoms with van der Waals surface area (Å²) in [4.78, 5) is 26.2. The Bertz CT molecular complexity index is 1570. The first-order valence-corrected chi connectivity index (χ1v) is 12.0. The molecule has 4 heterocycles. The summed E-state index contributed by atoms with van der Waals surface area (Å²) in [6.45, 7) is 0.539. The topological polar surface area (TPSA) is 102 Å². The van der Waals surface area contributed by atoms with Crippen LogP contribution in [0.4, 0.5) is 5.82 Å². The lowest BCUT2D eigenvalue weighted by molar-refractivity contribution is 0.0951. The molecule has 1 aliphatic carbocycles. The van der Waals surface area contributed by atoms with Gasteiger partial charge < -0.3 is 10.6 Å². The maximum atomic E-state index is 12.5. The third-order valence-corrected chi connectivity index (χ3v) is 6.56. The normalized spacial score (nSPS) is 13.2. The van der Waals surface area contributed by atoms with Crippen LogP contribution >= 0.6 is 11.6 Å². The number of nitrogens with zero attached hydrogens (tertiary/aromatic N) is 6. The van der Waals surface area contributed by atoms with Crippen LogP contribution < -0.4 is 10.6 Å². The lowest BCUT2D eigenvalue weighted by atomic mass is 10.1. The van der Waals surface area contributed by atoms with Gasteiger partial charge in [-0.15, -0.1) is 0 Å². The average molecular weight is 499 g/mol. The van der Waals surface area contributed by atoms with Crippen molar-refractivity contribution in [2.24, 2.45) is 7.05 Å². The van der Waals surface area contributed by atoms with Crippen molar-refractivity contribution in [1.82, 2.24) is 34.4 Å². The number of amides is 1. The van der Waals surface area contributed by atoms with Gasteiger partial charge >= 0.3 is 0 Å². The fourth-order valence-corrected chi connectivity index (χ4v) is 4.35. The van der Waals surface area contributed by atoms with Gasteiger partial charge in [0.15, 0.2) is 11.5 Å².